The van der Waals surface area contributed by atoms with Gasteiger partial charge in [-0.15, -0.1) is 0 Å². The molecular formula is C25H33N7O4. The van der Waals surface area contributed by atoms with Gasteiger partial charge in [0.05, 0.1) is 19.8 Å². The summed E-state index contributed by atoms with van der Waals surface area (Å²) in [7, 11) is 3.32. The molecule has 0 bridgehead atoms. The monoisotopic (exact) mass is 495 g/mol. The summed E-state index contributed by atoms with van der Waals surface area (Å²) in [5.41, 5.74) is 3.88. The molecule has 2 N–H and O–H groups in total. The van der Waals surface area contributed by atoms with Gasteiger partial charge < -0.3 is 34.4 Å². The molecule has 4 heterocycles. The summed E-state index contributed by atoms with van der Waals surface area (Å²) in [4.78, 5) is 26.1. The normalized spacial score (nSPS) is 17.4. The molecule has 0 atom stereocenters. The van der Waals surface area contributed by atoms with Crippen molar-refractivity contribution in [3.63, 3.8) is 0 Å². The smallest absolute Gasteiger partial charge is 0.318 e. The fourth-order valence-corrected chi connectivity index (χ4v) is 4.77. The van der Waals surface area contributed by atoms with E-state index in [-0.39, 0.29) is 11.9 Å². The third-order valence-electron chi connectivity index (χ3n) is 6.85. The van der Waals surface area contributed by atoms with Crippen LogP contribution in [-0.4, -0.2) is 92.8 Å². The first kappa shape index (κ1) is 24.4. The Bertz CT molecular complexity index is 1170. The number of rotatable bonds is 7. The average molecular weight is 496 g/mol. The Morgan fingerprint density at radius 3 is 2.56 bits per heavy atom. The first-order valence-corrected chi connectivity index (χ1v) is 12.5. The van der Waals surface area contributed by atoms with Crippen LogP contribution in [0.15, 0.2) is 28.8 Å². The molecule has 2 aliphatic heterocycles. The molecule has 2 saturated heterocycles. The van der Waals surface area contributed by atoms with E-state index in [0.717, 1.165) is 74.8 Å². The van der Waals surface area contributed by atoms with E-state index in [1.54, 1.807) is 14.2 Å². The Hall–Kier alpha value is -3.28. The van der Waals surface area contributed by atoms with Crippen LogP contribution in [0.25, 0.3) is 22.5 Å². The molecular weight excluding hydrogens is 462 g/mol. The largest absolute Gasteiger partial charge is 0.383 e. The quantitative estimate of drug-likeness (QED) is 0.510. The number of amides is 2. The number of anilines is 2. The van der Waals surface area contributed by atoms with Crippen molar-refractivity contribution in [3.8, 4) is 11.4 Å². The summed E-state index contributed by atoms with van der Waals surface area (Å²) in [5.74, 6) is 1.64. The van der Waals surface area contributed by atoms with Crippen LogP contribution in [0.4, 0.5) is 16.3 Å². The third kappa shape index (κ3) is 5.28. The standard InChI is InChI=1S/C25H33N7O4/c1-26-25(33)27-19-5-3-18(4-6-19)23-28-21-20(17-7-9-31(10-8-17)11-14-34-2)30-36-22(21)24(29-23)32-12-15-35-16-13-32/h3-6,17H,7-16H2,1-2H3,(H2,26,27,33). The topological polar surface area (TPSA) is 118 Å². The zero-order chi connectivity index (χ0) is 24.9. The molecule has 11 heteroatoms. The zero-order valence-electron chi connectivity index (χ0n) is 20.8. The lowest BCUT2D eigenvalue weighted by molar-refractivity contribution is 0.122. The summed E-state index contributed by atoms with van der Waals surface area (Å²) in [5, 5.41) is 9.85. The molecule has 0 spiro atoms. The fraction of sp³-hybridized carbons (Fsp3) is 0.520. The highest BCUT2D eigenvalue weighted by Crippen LogP contribution is 2.36. The molecule has 11 nitrogen and oxygen atoms in total. The van der Waals surface area contributed by atoms with Gasteiger partial charge in [-0.2, -0.15) is 0 Å². The first-order valence-electron chi connectivity index (χ1n) is 12.5. The lowest BCUT2D eigenvalue weighted by atomic mass is 9.93. The predicted molar refractivity (Wildman–Crippen MR) is 136 cm³/mol. The van der Waals surface area contributed by atoms with Crippen molar-refractivity contribution >= 4 is 28.6 Å². The Kier molecular flexibility index (Phi) is 7.59. The second-order valence-electron chi connectivity index (χ2n) is 9.11. The van der Waals surface area contributed by atoms with Crippen molar-refractivity contribution in [3.05, 3.63) is 30.0 Å². The number of piperidine rings is 1. The van der Waals surface area contributed by atoms with E-state index in [9.17, 15) is 4.79 Å². The van der Waals surface area contributed by atoms with Crippen LogP contribution in [0.2, 0.25) is 0 Å². The van der Waals surface area contributed by atoms with E-state index in [2.05, 4.69) is 25.6 Å². The number of nitrogens with one attached hydrogen (secondary N) is 2. The molecule has 192 valence electrons. The molecule has 1 aromatic carbocycles. The van der Waals surface area contributed by atoms with E-state index in [1.165, 1.54) is 0 Å². The van der Waals surface area contributed by atoms with E-state index in [0.29, 0.717) is 30.3 Å². The second-order valence-corrected chi connectivity index (χ2v) is 9.11. The van der Waals surface area contributed by atoms with Crippen LogP contribution < -0.4 is 15.5 Å². The molecule has 2 fully saturated rings. The van der Waals surface area contributed by atoms with Crippen molar-refractivity contribution in [1.29, 1.82) is 0 Å². The number of morpholine rings is 1. The summed E-state index contributed by atoms with van der Waals surface area (Å²) >= 11 is 0. The van der Waals surface area contributed by atoms with Crippen LogP contribution in [0.3, 0.4) is 0 Å². The minimum absolute atomic E-state index is 0.266. The lowest BCUT2D eigenvalue weighted by Crippen LogP contribution is -2.37. The Balaban J connectivity index is 1.47. The molecule has 2 aliphatic rings. The van der Waals surface area contributed by atoms with E-state index < -0.39 is 0 Å². The molecule has 5 rings (SSSR count). The number of urea groups is 1. The number of hydrogen-bond acceptors (Lipinski definition) is 9. The van der Waals surface area contributed by atoms with Gasteiger partial charge in [0.25, 0.3) is 0 Å². The predicted octanol–water partition coefficient (Wildman–Crippen LogP) is 2.70. The number of methoxy groups -OCH3 is 1. The van der Waals surface area contributed by atoms with Crippen LogP contribution in [-0.2, 0) is 9.47 Å². The number of hydrogen-bond donors (Lipinski definition) is 2. The maximum atomic E-state index is 11.6. The number of carbonyl (C=O) groups excluding carboxylic acids is 1. The number of nitrogens with zero attached hydrogens (tertiary/aromatic N) is 5. The first-order chi connectivity index (χ1) is 17.7. The third-order valence-corrected chi connectivity index (χ3v) is 6.85. The second kappa shape index (κ2) is 11.2. The van der Waals surface area contributed by atoms with E-state index in [1.807, 2.05) is 24.3 Å². The van der Waals surface area contributed by atoms with Crippen molar-refractivity contribution in [1.82, 2.24) is 25.3 Å². The van der Waals surface area contributed by atoms with Gasteiger partial charge in [-0.3, -0.25) is 0 Å². The Morgan fingerprint density at radius 2 is 1.86 bits per heavy atom. The summed E-state index contributed by atoms with van der Waals surface area (Å²) < 4.78 is 16.7. The SMILES string of the molecule is CNC(=O)Nc1ccc(-c2nc(N3CCOCC3)c3onc(C4CCN(CCOC)CC4)c3n2)cc1. The molecule has 3 aromatic rings. The van der Waals surface area contributed by atoms with E-state index in [4.69, 9.17) is 24.0 Å². The molecule has 0 unspecified atom stereocenters. The van der Waals surface area contributed by atoms with Crippen molar-refractivity contribution in [2.45, 2.75) is 18.8 Å². The minimum atomic E-state index is -0.266. The fourth-order valence-electron chi connectivity index (χ4n) is 4.77. The van der Waals surface area contributed by atoms with Gasteiger partial charge in [0.1, 0.15) is 11.2 Å². The molecule has 0 saturated carbocycles. The summed E-state index contributed by atoms with van der Waals surface area (Å²) in [6, 6.07) is 7.25. The number of benzene rings is 1. The van der Waals surface area contributed by atoms with Crippen LogP contribution in [0, 0.1) is 0 Å². The van der Waals surface area contributed by atoms with Crippen LogP contribution >= 0.6 is 0 Å². The van der Waals surface area contributed by atoms with Gasteiger partial charge in [0.2, 0.25) is 5.58 Å². The highest BCUT2D eigenvalue weighted by atomic mass is 16.5. The summed E-state index contributed by atoms with van der Waals surface area (Å²) in [6.45, 7) is 6.43. The van der Waals surface area contributed by atoms with Gasteiger partial charge in [0, 0.05) is 51.0 Å². The maximum Gasteiger partial charge on any atom is 0.318 e. The van der Waals surface area contributed by atoms with Crippen LogP contribution in [0.5, 0.6) is 0 Å². The minimum Gasteiger partial charge on any atom is -0.383 e. The van der Waals surface area contributed by atoms with Gasteiger partial charge in [-0.05, 0) is 50.2 Å². The molecule has 0 aliphatic carbocycles. The molecule has 0 radical (unpaired) electrons. The number of likely N-dealkylation sites (tertiary alicyclic amines) is 1. The average Bonchev–Trinajstić information content (AvgIpc) is 3.36. The Morgan fingerprint density at radius 1 is 1.11 bits per heavy atom. The van der Waals surface area contributed by atoms with Gasteiger partial charge in [-0.1, -0.05) is 5.16 Å². The van der Waals surface area contributed by atoms with Crippen molar-refractivity contribution in [2.75, 3.05) is 76.9 Å². The maximum absolute atomic E-state index is 11.6. The number of fused-ring (bicyclic) bond motifs is 1. The number of carbonyl (C=O) groups is 1. The molecule has 2 amide bonds. The zero-order valence-corrected chi connectivity index (χ0v) is 20.8. The van der Waals surface area contributed by atoms with Crippen LogP contribution in [0.1, 0.15) is 24.5 Å². The lowest BCUT2D eigenvalue weighted by Gasteiger charge is -2.30. The molecule has 36 heavy (non-hydrogen) atoms. The molecule has 2 aromatic heterocycles. The summed E-state index contributed by atoms with van der Waals surface area (Å²) in [6.07, 6.45) is 1.99. The highest BCUT2D eigenvalue weighted by molar-refractivity contribution is 5.90. The number of aromatic nitrogens is 3. The van der Waals surface area contributed by atoms with Gasteiger partial charge >= 0.3 is 6.03 Å². The number of ether oxygens (including phenoxy) is 2. The van der Waals surface area contributed by atoms with Crippen molar-refractivity contribution < 1.29 is 18.8 Å². The van der Waals surface area contributed by atoms with Gasteiger partial charge in [-0.25, -0.2) is 14.8 Å². The van der Waals surface area contributed by atoms with Crippen molar-refractivity contribution in [2.24, 2.45) is 0 Å². The highest BCUT2D eigenvalue weighted by Gasteiger charge is 2.29. The van der Waals surface area contributed by atoms with Gasteiger partial charge in [0.15, 0.2) is 11.6 Å². The van der Waals surface area contributed by atoms with E-state index >= 15 is 0 Å². The Labute approximate surface area is 210 Å².